The van der Waals surface area contributed by atoms with Crippen LogP contribution in [0.4, 0.5) is 10.1 Å². The predicted molar refractivity (Wildman–Crippen MR) is 122 cm³/mol. The number of rotatable bonds is 6. The van der Waals surface area contributed by atoms with Crippen LogP contribution in [0.5, 0.6) is 5.75 Å². The van der Waals surface area contributed by atoms with E-state index in [0.29, 0.717) is 42.5 Å². The molecule has 1 fully saturated rings. The van der Waals surface area contributed by atoms with Crippen LogP contribution in [0.1, 0.15) is 51.5 Å². The molecule has 1 aromatic heterocycles. The summed E-state index contributed by atoms with van der Waals surface area (Å²) in [6.45, 7) is 5.16. The van der Waals surface area contributed by atoms with E-state index in [1.54, 1.807) is 36.1 Å². The first-order valence-corrected chi connectivity index (χ1v) is 10.9. The van der Waals surface area contributed by atoms with Crippen molar-refractivity contribution in [2.24, 2.45) is 0 Å². The Morgan fingerprint density at radius 1 is 1.15 bits per heavy atom. The normalized spacial score (nSPS) is 15.4. The molecule has 0 saturated carbocycles. The van der Waals surface area contributed by atoms with Gasteiger partial charge in [0.15, 0.2) is 0 Å². The number of carbonyl (C=O) groups is 2. The van der Waals surface area contributed by atoms with Gasteiger partial charge in [-0.2, -0.15) is 0 Å². The van der Waals surface area contributed by atoms with Crippen molar-refractivity contribution < 1.29 is 18.7 Å². The number of hydrogen-bond acceptors (Lipinski definition) is 5. The fourth-order valence-corrected chi connectivity index (χ4v) is 3.91. The van der Waals surface area contributed by atoms with Gasteiger partial charge in [-0.05, 0) is 44.5 Å². The van der Waals surface area contributed by atoms with E-state index < -0.39 is 11.7 Å². The molecule has 3 aromatic rings. The van der Waals surface area contributed by atoms with Crippen molar-refractivity contribution >= 4 is 17.5 Å². The summed E-state index contributed by atoms with van der Waals surface area (Å²) in [6, 6.07) is 13.2. The SMILES string of the molecule is CCOc1ccccc1C(=O)N1CC[C@H](c2ncc(C(=O)Nc3ccccc3F)c(C)n2)C1. The lowest BCUT2D eigenvalue weighted by atomic mass is 10.1. The van der Waals surface area contributed by atoms with E-state index in [1.807, 2.05) is 19.1 Å². The highest BCUT2D eigenvalue weighted by Gasteiger charge is 2.31. The molecule has 4 rings (SSSR count). The third-order valence-electron chi connectivity index (χ3n) is 5.62. The minimum Gasteiger partial charge on any atom is -0.493 e. The second-order valence-corrected chi connectivity index (χ2v) is 7.83. The minimum absolute atomic E-state index is 0.0319. The van der Waals surface area contributed by atoms with E-state index >= 15 is 0 Å². The number of ether oxygens (including phenoxy) is 1. The lowest BCUT2D eigenvalue weighted by molar-refractivity contribution is 0.0786. The zero-order chi connectivity index (χ0) is 23.4. The van der Waals surface area contributed by atoms with Gasteiger partial charge in [0.25, 0.3) is 11.8 Å². The Hall–Kier alpha value is -3.81. The molecule has 0 radical (unpaired) electrons. The predicted octanol–water partition coefficient (Wildman–Crippen LogP) is 4.20. The van der Waals surface area contributed by atoms with E-state index in [1.165, 1.54) is 18.3 Å². The second kappa shape index (κ2) is 9.77. The van der Waals surface area contributed by atoms with Crippen LogP contribution in [0, 0.1) is 12.7 Å². The van der Waals surface area contributed by atoms with Crippen LogP contribution in [-0.4, -0.2) is 46.4 Å². The Bertz CT molecular complexity index is 1180. The fourth-order valence-electron chi connectivity index (χ4n) is 3.91. The average Bonchev–Trinajstić information content (AvgIpc) is 3.31. The van der Waals surface area contributed by atoms with E-state index in [9.17, 15) is 14.0 Å². The number of halogens is 1. The van der Waals surface area contributed by atoms with Crippen LogP contribution in [-0.2, 0) is 0 Å². The van der Waals surface area contributed by atoms with Crippen molar-refractivity contribution in [3.63, 3.8) is 0 Å². The van der Waals surface area contributed by atoms with Gasteiger partial charge >= 0.3 is 0 Å². The van der Waals surface area contributed by atoms with Crippen molar-refractivity contribution in [1.29, 1.82) is 0 Å². The topological polar surface area (TPSA) is 84.4 Å². The molecule has 0 aliphatic carbocycles. The largest absolute Gasteiger partial charge is 0.493 e. The number of hydrogen-bond donors (Lipinski definition) is 1. The third kappa shape index (κ3) is 4.84. The van der Waals surface area contributed by atoms with Gasteiger partial charge in [0.1, 0.15) is 17.4 Å². The van der Waals surface area contributed by atoms with Crippen LogP contribution in [0.2, 0.25) is 0 Å². The number of aromatic nitrogens is 2. The molecular weight excluding hydrogens is 423 g/mol. The van der Waals surface area contributed by atoms with Crippen LogP contribution in [0.15, 0.2) is 54.7 Å². The molecule has 0 bridgehead atoms. The molecule has 2 heterocycles. The van der Waals surface area contributed by atoms with Crippen LogP contribution >= 0.6 is 0 Å². The number of amides is 2. The Kier molecular flexibility index (Phi) is 6.63. The van der Waals surface area contributed by atoms with Crippen LogP contribution < -0.4 is 10.1 Å². The summed E-state index contributed by atoms with van der Waals surface area (Å²) < 4.78 is 19.4. The van der Waals surface area contributed by atoms with Crippen molar-refractivity contribution in [2.45, 2.75) is 26.2 Å². The number of para-hydroxylation sites is 2. The Balaban J connectivity index is 1.45. The Morgan fingerprint density at radius 2 is 1.91 bits per heavy atom. The van der Waals surface area contributed by atoms with E-state index in [0.717, 1.165) is 6.42 Å². The molecule has 170 valence electrons. The maximum Gasteiger partial charge on any atom is 0.259 e. The fraction of sp³-hybridized carbons (Fsp3) is 0.280. The summed E-state index contributed by atoms with van der Waals surface area (Å²) in [5, 5.41) is 2.55. The Morgan fingerprint density at radius 3 is 2.67 bits per heavy atom. The van der Waals surface area contributed by atoms with E-state index in [2.05, 4.69) is 15.3 Å². The molecule has 0 unspecified atom stereocenters. The summed E-state index contributed by atoms with van der Waals surface area (Å²) in [7, 11) is 0. The molecule has 1 N–H and O–H groups in total. The first kappa shape index (κ1) is 22.4. The number of nitrogens with one attached hydrogen (secondary N) is 1. The average molecular weight is 448 g/mol. The highest BCUT2D eigenvalue weighted by Crippen LogP contribution is 2.28. The zero-order valence-corrected chi connectivity index (χ0v) is 18.5. The molecular formula is C25H25FN4O3. The lowest BCUT2D eigenvalue weighted by Gasteiger charge is -2.18. The van der Waals surface area contributed by atoms with Gasteiger partial charge in [-0.3, -0.25) is 9.59 Å². The quantitative estimate of drug-likeness (QED) is 0.611. The number of likely N-dealkylation sites (tertiary alicyclic amines) is 1. The lowest BCUT2D eigenvalue weighted by Crippen LogP contribution is -2.29. The number of carbonyl (C=O) groups excluding carboxylic acids is 2. The number of nitrogens with zero attached hydrogens (tertiary/aromatic N) is 3. The van der Waals surface area contributed by atoms with Crippen LogP contribution in [0.25, 0.3) is 0 Å². The highest BCUT2D eigenvalue weighted by atomic mass is 19.1. The molecule has 2 aromatic carbocycles. The molecule has 1 aliphatic heterocycles. The molecule has 0 spiro atoms. The van der Waals surface area contributed by atoms with Gasteiger partial charge in [-0.15, -0.1) is 0 Å². The maximum atomic E-state index is 13.8. The molecule has 8 heteroatoms. The van der Waals surface area contributed by atoms with Gasteiger partial charge in [0, 0.05) is 25.2 Å². The number of benzene rings is 2. The molecule has 7 nitrogen and oxygen atoms in total. The zero-order valence-electron chi connectivity index (χ0n) is 18.5. The highest BCUT2D eigenvalue weighted by molar-refractivity contribution is 6.04. The first-order chi connectivity index (χ1) is 16.0. The minimum atomic E-state index is -0.511. The van der Waals surface area contributed by atoms with Gasteiger partial charge in [0.05, 0.1) is 29.1 Å². The summed E-state index contributed by atoms with van der Waals surface area (Å²) >= 11 is 0. The van der Waals surface area contributed by atoms with E-state index in [-0.39, 0.29) is 23.1 Å². The van der Waals surface area contributed by atoms with Crippen molar-refractivity contribution in [1.82, 2.24) is 14.9 Å². The summed E-state index contributed by atoms with van der Waals surface area (Å²) in [4.78, 5) is 36.3. The summed E-state index contributed by atoms with van der Waals surface area (Å²) in [6.07, 6.45) is 2.19. The standard InChI is InChI=1S/C25H25FN4O3/c1-3-33-22-11-7-4-8-18(22)25(32)30-13-12-17(15-30)23-27-14-19(16(2)28-23)24(31)29-21-10-6-5-9-20(21)26/h4-11,14,17H,3,12-13,15H2,1-2H3,(H,29,31)/t17-/m0/s1. The molecule has 1 aliphatic rings. The van der Waals surface area contributed by atoms with Gasteiger partial charge < -0.3 is 15.0 Å². The molecule has 2 amide bonds. The monoisotopic (exact) mass is 448 g/mol. The maximum absolute atomic E-state index is 13.8. The second-order valence-electron chi connectivity index (χ2n) is 7.83. The van der Waals surface area contributed by atoms with Crippen molar-refractivity contribution in [3.05, 3.63) is 83.2 Å². The summed E-state index contributed by atoms with van der Waals surface area (Å²) in [5.74, 6) is 0.0615. The number of aryl methyl sites for hydroxylation is 1. The first-order valence-electron chi connectivity index (χ1n) is 10.9. The molecule has 1 atom stereocenters. The van der Waals surface area contributed by atoms with Gasteiger partial charge in [0.2, 0.25) is 0 Å². The summed E-state index contributed by atoms with van der Waals surface area (Å²) in [5.41, 5.74) is 1.42. The van der Waals surface area contributed by atoms with Crippen molar-refractivity contribution in [3.8, 4) is 5.75 Å². The molecule has 33 heavy (non-hydrogen) atoms. The molecule has 1 saturated heterocycles. The third-order valence-corrected chi connectivity index (χ3v) is 5.62. The van der Waals surface area contributed by atoms with Gasteiger partial charge in [-0.25, -0.2) is 14.4 Å². The van der Waals surface area contributed by atoms with E-state index in [4.69, 9.17) is 4.74 Å². The Labute approximate surface area is 191 Å². The van der Waals surface area contributed by atoms with Crippen molar-refractivity contribution in [2.75, 3.05) is 25.0 Å². The number of anilines is 1. The van der Waals surface area contributed by atoms with Crippen LogP contribution in [0.3, 0.4) is 0 Å². The smallest absolute Gasteiger partial charge is 0.259 e. The van der Waals surface area contributed by atoms with Gasteiger partial charge in [-0.1, -0.05) is 24.3 Å².